The highest BCUT2D eigenvalue weighted by molar-refractivity contribution is 5.82. The number of hydrogen-bond donors (Lipinski definition) is 2. The van der Waals surface area contributed by atoms with E-state index in [-0.39, 0.29) is 29.9 Å². The van der Waals surface area contributed by atoms with Crippen molar-refractivity contribution in [3.05, 3.63) is 0 Å². The number of rotatable bonds is 4. The summed E-state index contributed by atoms with van der Waals surface area (Å²) in [5.74, 6) is 1.86. The highest BCUT2D eigenvalue weighted by Gasteiger charge is 2.56. The van der Waals surface area contributed by atoms with Crippen LogP contribution in [0.4, 0.5) is 0 Å². The van der Waals surface area contributed by atoms with Gasteiger partial charge in [-0.05, 0) is 36.5 Å². The van der Waals surface area contributed by atoms with Crippen molar-refractivity contribution < 1.29 is 9.90 Å². The quantitative estimate of drug-likeness (QED) is 0.787. The average molecular weight is 239 g/mol. The van der Waals surface area contributed by atoms with Gasteiger partial charge in [-0.2, -0.15) is 0 Å². The van der Waals surface area contributed by atoms with Crippen LogP contribution in [0.15, 0.2) is 0 Å². The number of aliphatic hydroxyl groups excluding tert-OH is 1. The number of fused-ring (bicyclic) bond motifs is 1. The van der Waals surface area contributed by atoms with Crippen molar-refractivity contribution in [2.45, 2.75) is 52.5 Å². The first-order valence-corrected chi connectivity index (χ1v) is 6.86. The molecule has 3 atom stereocenters. The average Bonchev–Trinajstić information content (AvgIpc) is 2.71. The van der Waals surface area contributed by atoms with Gasteiger partial charge in [0, 0.05) is 18.6 Å². The molecule has 0 heterocycles. The molecule has 2 rings (SSSR count). The van der Waals surface area contributed by atoms with Crippen LogP contribution in [0.1, 0.15) is 46.5 Å². The number of nitrogens with one attached hydrogen (secondary N) is 1. The number of amides is 1. The monoisotopic (exact) mass is 239 g/mol. The molecule has 0 aromatic rings. The second-order valence-corrected chi connectivity index (χ2v) is 6.72. The van der Waals surface area contributed by atoms with Gasteiger partial charge < -0.3 is 10.4 Å². The van der Waals surface area contributed by atoms with Crippen LogP contribution < -0.4 is 5.32 Å². The van der Waals surface area contributed by atoms with Gasteiger partial charge in [0.2, 0.25) is 5.91 Å². The molecule has 0 aliphatic heterocycles. The second-order valence-electron chi connectivity index (χ2n) is 6.72. The predicted molar refractivity (Wildman–Crippen MR) is 67.4 cm³/mol. The maximum Gasteiger partial charge on any atom is 0.223 e. The van der Waals surface area contributed by atoms with Crippen LogP contribution in [0, 0.1) is 23.2 Å². The molecule has 3 nitrogen and oxygen atoms in total. The first-order chi connectivity index (χ1) is 7.95. The van der Waals surface area contributed by atoms with E-state index >= 15 is 0 Å². The predicted octanol–water partition coefficient (Wildman–Crippen LogP) is 1.95. The Bertz CT molecular complexity index is 285. The third kappa shape index (κ3) is 2.65. The Morgan fingerprint density at radius 2 is 1.94 bits per heavy atom. The normalized spacial score (nSPS) is 33.1. The van der Waals surface area contributed by atoms with E-state index in [1.165, 1.54) is 19.3 Å². The zero-order valence-corrected chi connectivity index (χ0v) is 11.2. The molecule has 3 unspecified atom stereocenters. The van der Waals surface area contributed by atoms with Crippen LogP contribution in [-0.2, 0) is 4.79 Å². The lowest BCUT2D eigenvalue weighted by Crippen LogP contribution is -2.45. The van der Waals surface area contributed by atoms with Crippen molar-refractivity contribution >= 4 is 5.91 Å². The minimum atomic E-state index is 0.0163. The van der Waals surface area contributed by atoms with Crippen molar-refractivity contribution in [1.29, 1.82) is 0 Å². The van der Waals surface area contributed by atoms with E-state index in [0.717, 1.165) is 0 Å². The van der Waals surface area contributed by atoms with E-state index in [2.05, 4.69) is 26.1 Å². The number of carbonyl (C=O) groups excluding carboxylic acids is 1. The van der Waals surface area contributed by atoms with Gasteiger partial charge in [-0.25, -0.2) is 0 Å². The molecule has 0 radical (unpaired) electrons. The Kier molecular flexibility index (Phi) is 3.48. The zero-order chi connectivity index (χ0) is 12.6. The minimum Gasteiger partial charge on any atom is -0.396 e. The van der Waals surface area contributed by atoms with Crippen molar-refractivity contribution in [3.63, 3.8) is 0 Å². The maximum absolute atomic E-state index is 12.2. The molecule has 1 amide bonds. The van der Waals surface area contributed by atoms with Crippen molar-refractivity contribution in [3.8, 4) is 0 Å². The molecule has 2 N–H and O–H groups in total. The Labute approximate surface area is 104 Å². The Hall–Kier alpha value is -0.570. The van der Waals surface area contributed by atoms with Crippen LogP contribution in [0.3, 0.4) is 0 Å². The van der Waals surface area contributed by atoms with E-state index in [9.17, 15) is 4.79 Å². The van der Waals surface area contributed by atoms with Crippen LogP contribution in [0.5, 0.6) is 0 Å². The molecule has 0 aromatic carbocycles. The standard InChI is InChI=1S/C14H25NO2/c1-14(2,3)11(7-8-16)15-13(17)12-9-5-4-6-10(9)12/h9-12,16H,4-8H2,1-3H3,(H,15,17). The summed E-state index contributed by atoms with van der Waals surface area (Å²) in [5, 5.41) is 12.2. The fourth-order valence-electron chi connectivity index (χ4n) is 3.33. The zero-order valence-electron chi connectivity index (χ0n) is 11.2. The van der Waals surface area contributed by atoms with Crippen LogP contribution in [0.2, 0.25) is 0 Å². The largest absolute Gasteiger partial charge is 0.396 e. The SMILES string of the molecule is CC(C)(C)C(CCO)NC(=O)C1C2CCCC21. The van der Waals surface area contributed by atoms with Gasteiger partial charge in [-0.3, -0.25) is 4.79 Å². The molecule has 3 heteroatoms. The summed E-state index contributed by atoms with van der Waals surface area (Å²) in [6.45, 7) is 6.48. The fourth-order valence-corrected chi connectivity index (χ4v) is 3.33. The highest BCUT2D eigenvalue weighted by Crippen LogP contribution is 2.57. The van der Waals surface area contributed by atoms with Gasteiger partial charge >= 0.3 is 0 Å². The molecule has 2 aliphatic rings. The topological polar surface area (TPSA) is 49.3 Å². The fraction of sp³-hybridized carbons (Fsp3) is 0.929. The minimum absolute atomic E-state index is 0.0163. The lowest BCUT2D eigenvalue weighted by atomic mass is 9.84. The van der Waals surface area contributed by atoms with Crippen molar-refractivity contribution in [1.82, 2.24) is 5.32 Å². The Morgan fingerprint density at radius 1 is 1.35 bits per heavy atom. The van der Waals surface area contributed by atoms with Crippen molar-refractivity contribution in [2.75, 3.05) is 6.61 Å². The van der Waals surface area contributed by atoms with Gasteiger partial charge in [0.05, 0.1) is 0 Å². The van der Waals surface area contributed by atoms with E-state index in [0.29, 0.717) is 18.3 Å². The maximum atomic E-state index is 12.2. The second kappa shape index (κ2) is 4.60. The van der Waals surface area contributed by atoms with E-state index in [1.807, 2.05) is 0 Å². The summed E-state index contributed by atoms with van der Waals surface area (Å²) in [4.78, 5) is 12.2. The third-order valence-electron chi connectivity index (χ3n) is 4.49. The van der Waals surface area contributed by atoms with Crippen molar-refractivity contribution in [2.24, 2.45) is 23.2 Å². The molecule has 0 saturated heterocycles. The Balaban J connectivity index is 1.88. The lowest BCUT2D eigenvalue weighted by molar-refractivity contribution is -0.124. The molecule has 2 fully saturated rings. The molecule has 0 bridgehead atoms. The van der Waals surface area contributed by atoms with Crippen LogP contribution in [0.25, 0.3) is 0 Å². The first kappa shape index (κ1) is 12.9. The van der Waals surface area contributed by atoms with Gasteiger partial charge in [-0.15, -0.1) is 0 Å². The molecule has 2 saturated carbocycles. The highest BCUT2D eigenvalue weighted by atomic mass is 16.3. The lowest BCUT2D eigenvalue weighted by Gasteiger charge is -2.31. The summed E-state index contributed by atoms with van der Waals surface area (Å²) < 4.78 is 0. The molecule has 2 aliphatic carbocycles. The Morgan fingerprint density at radius 3 is 2.41 bits per heavy atom. The summed E-state index contributed by atoms with van der Waals surface area (Å²) in [6.07, 6.45) is 4.43. The number of carbonyl (C=O) groups is 1. The number of hydrogen-bond acceptors (Lipinski definition) is 2. The van der Waals surface area contributed by atoms with E-state index < -0.39 is 0 Å². The molecule has 0 aromatic heterocycles. The molecular weight excluding hydrogens is 214 g/mol. The molecule has 17 heavy (non-hydrogen) atoms. The van der Waals surface area contributed by atoms with Crippen LogP contribution >= 0.6 is 0 Å². The molecular formula is C14H25NO2. The van der Waals surface area contributed by atoms with Crippen LogP contribution in [-0.4, -0.2) is 23.7 Å². The van der Waals surface area contributed by atoms with Gasteiger partial charge in [0.25, 0.3) is 0 Å². The third-order valence-corrected chi connectivity index (χ3v) is 4.49. The summed E-state index contributed by atoms with van der Waals surface area (Å²) in [6, 6.07) is 0.0846. The van der Waals surface area contributed by atoms with E-state index in [4.69, 9.17) is 5.11 Å². The van der Waals surface area contributed by atoms with Gasteiger partial charge in [0.1, 0.15) is 0 Å². The summed E-state index contributed by atoms with van der Waals surface area (Å²) in [5.41, 5.74) is 0.0163. The van der Waals surface area contributed by atoms with E-state index in [1.54, 1.807) is 0 Å². The smallest absolute Gasteiger partial charge is 0.223 e. The summed E-state index contributed by atoms with van der Waals surface area (Å²) in [7, 11) is 0. The van der Waals surface area contributed by atoms with Gasteiger partial charge in [-0.1, -0.05) is 27.2 Å². The first-order valence-electron chi connectivity index (χ1n) is 6.86. The van der Waals surface area contributed by atoms with Gasteiger partial charge in [0.15, 0.2) is 0 Å². The summed E-state index contributed by atoms with van der Waals surface area (Å²) >= 11 is 0. The molecule has 0 spiro atoms. The molecule has 98 valence electrons. The number of aliphatic hydroxyl groups is 1.